The lowest BCUT2D eigenvalue weighted by atomic mass is 9.74. The van der Waals surface area contributed by atoms with Crippen molar-refractivity contribution < 1.29 is 0 Å². The van der Waals surface area contributed by atoms with Gasteiger partial charge in [0, 0.05) is 6.54 Å². The minimum atomic E-state index is 0.463. The van der Waals surface area contributed by atoms with Crippen LogP contribution in [-0.2, 0) is 18.4 Å². The third kappa shape index (κ3) is 3.21. The molecular formula is C26H27N. The molecule has 0 atom stereocenters. The van der Waals surface area contributed by atoms with Crippen molar-refractivity contribution in [2.75, 3.05) is 13.1 Å². The number of hydrogen-bond donors (Lipinski definition) is 0. The van der Waals surface area contributed by atoms with Crippen LogP contribution in [0.5, 0.6) is 0 Å². The third-order valence-electron chi connectivity index (χ3n) is 6.74. The van der Waals surface area contributed by atoms with Crippen molar-refractivity contribution in [1.29, 1.82) is 0 Å². The quantitative estimate of drug-likeness (QED) is 0.572. The van der Waals surface area contributed by atoms with E-state index in [0.717, 1.165) is 6.54 Å². The zero-order chi connectivity index (χ0) is 18.1. The summed E-state index contributed by atoms with van der Waals surface area (Å²) in [5, 5.41) is 0. The average molecular weight is 354 g/mol. The molecule has 1 aliphatic heterocycles. The molecule has 1 aliphatic carbocycles. The summed E-state index contributed by atoms with van der Waals surface area (Å²) < 4.78 is 0. The lowest BCUT2D eigenvalue weighted by Crippen LogP contribution is -2.41. The van der Waals surface area contributed by atoms with Gasteiger partial charge in [-0.3, -0.25) is 4.90 Å². The molecule has 3 aromatic rings. The van der Waals surface area contributed by atoms with Crippen molar-refractivity contribution in [3.63, 3.8) is 0 Å². The van der Waals surface area contributed by atoms with Gasteiger partial charge in [0.05, 0.1) is 0 Å². The van der Waals surface area contributed by atoms with Crippen LogP contribution in [0.15, 0.2) is 78.9 Å². The van der Waals surface area contributed by atoms with Crippen LogP contribution < -0.4 is 0 Å². The molecule has 0 N–H and O–H groups in total. The van der Waals surface area contributed by atoms with E-state index >= 15 is 0 Å². The lowest BCUT2D eigenvalue weighted by molar-refractivity contribution is 0.152. The van der Waals surface area contributed by atoms with E-state index in [1.54, 1.807) is 11.1 Å². The minimum absolute atomic E-state index is 0.463. The zero-order valence-corrected chi connectivity index (χ0v) is 15.9. The van der Waals surface area contributed by atoms with E-state index in [2.05, 4.69) is 83.8 Å². The molecule has 1 fully saturated rings. The Morgan fingerprint density at radius 1 is 0.667 bits per heavy atom. The molecule has 2 aliphatic rings. The molecule has 1 heterocycles. The fourth-order valence-corrected chi connectivity index (χ4v) is 5.11. The monoisotopic (exact) mass is 353 g/mol. The molecule has 0 aromatic heterocycles. The molecule has 1 saturated heterocycles. The number of hydrogen-bond acceptors (Lipinski definition) is 1. The fraction of sp³-hybridized carbons (Fsp3) is 0.308. The van der Waals surface area contributed by atoms with Crippen molar-refractivity contribution in [3.8, 4) is 11.1 Å². The Kier molecular flexibility index (Phi) is 4.33. The first-order valence-corrected chi connectivity index (χ1v) is 10.3. The third-order valence-corrected chi connectivity index (χ3v) is 6.74. The van der Waals surface area contributed by atoms with E-state index in [0.29, 0.717) is 5.41 Å². The van der Waals surface area contributed by atoms with Crippen LogP contribution >= 0.6 is 0 Å². The lowest BCUT2D eigenvalue weighted by Gasteiger charge is -2.40. The summed E-state index contributed by atoms with van der Waals surface area (Å²) in [6, 6.07) is 28.9. The maximum absolute atomic E-state index is 2.64. The van der Waals surface area contributed by atoms with Gasteiger partial charge in [-0.15, -0.1) is 0 Å². The van der Waals surface area contributed by atoms with Crippen molar-refractivity contribution in [1.82, 2.24) is 4.90 Å². The summed E-state index contributed by atoms with van der Waals surface area (Å²) in [4.78, 5) is 2.64. The van der Waals surface area contributed by atoms with Crippen molar-refractivity contribution in [2.45, 2.75) is 37.6 Å². The number of likely N-dealkylation sites (tertiary alicyclic amines) is 1. The summed E-state index contributed by atoms with van der Waals surface area (Å²) >= 11 is 0. The Hall–Kier alpha value is -2.38. The summed E-state index contributed by atoms with van der Waals surface area (Å²) in [6.07, 6.45) is 5.25. The molecule has 1 heteroatoms. The van der Waals surface area contributed by atoms with Crippen LogP contribution in [-0.4, -0.2) is 18.0 Å². The molecule has 136 valence electrons. The van der Waals surface area contributed by atoms with Gasteiger partial charge in [-0.2, -0.15) is 0 Å². The van der Waals surface area contributed by atoms with Gasteiger partial charge < -0.3 is 0 Å². The molecular weight excluding hydrogens is 326 g/mol. The first kappa shape index (κ1) is 16.8. The average Bonchev–Trinajstić information content (AvgIpc) is 3.10. The Labute approximate surface area is 162 Å². The largest absolute Gasteiger partial charge is 0.299 e. The second-order valence-electron chi connectivity index (χ2n) is 8.28. The van der Waals surface area contributed by atoms with Gasteiger partial charge in [0.25, 0.3) is 0 Å². The topological polar surface area (TPSA) is 3.24 Å². The summed E-state index contributed by atoms with van der Waals surface area (Å²) in [7, 11) is 0. The first-order chi connectivity index (χ1) is 13.3. The normalized spacial score (nSPS) is 18.5. The number of benzene rings is 3. The Morgan fingerprint density at radius 3 is 2.11 bits per heavy atom. The van der Waals surface area contributed by atoms with Crippen LogP contribution in [0, 0.1) is 0 Å². The highest BCUT2D eigenvalue weighted by Gasteiger charge is 2.40. The van der Waals surface area contributed by atoms with Gasteiger partial charge in [-0.25, -0.2) is 0 Å². The SMILES string of the molecule is c1ccc(-c2ccc(CN3CCC4(CCc5ccccc54)CC3)cc2)cc1. The van der Waals surface area contributed by atoms with E-state index < -0.39 is 0 Å². The standard InChI is InChI=1S/C26H27N/c1-2-6-22(7-3-1)23-12-10-21(11-13-23)20-27-18-16-26(17-19-27)15-14-24-8-4-5-9-25(24)26/h1-13H,14-20H2. The Morgan fingerprint density at radius 2 is 1.33 bits per heavy atom. The first-order valence-electron chi connectivity index (χ1n) is 10.3. The number of rotatable bonds is 3. The molecule has 27 heavy (non-hydrogen) atoms. The van der Waals surface area contributed by atoms with Gasteiger partial charge in [0.15, 0.2) is 0 Å². The highest BCUT2D eigenvalue weighted by Crippen LogP contribution is 2.46. The van der Waals surface area contributed by atoms with Crippen LogP contribution in [0.1, 0.15) is 36.0 Å². The Bertz CT molecular complexity index is 902. The van der Waals surface area contributed by atoms with Crippen LogP contribution in [0.4, 0.5) is 0 Å². The summed E-state index contributed by atoms with van der Waals surface area (Å²) in [6.45, 7) is 3.51. The van der Waals surface area contributed by atoms with Crippen molar-refractivity contribution in [3.05, 3.63) is 95.6 Å². The fourth-order valence-electron chi connectivity index (χ4n) is 5.11. The molecule has 0 unspecified atom stereocenters. The molecule has 1 spiro atoms. The maximum atomic E-state index is 2.64. The summed E-state index contributed by atoms with van der Waals surface area (Å²) in [5.74, 6) is 0. The maximum Gasteiger partial charge on any atom is 0.0233 e. The highest BCUT2D eigenvalue weighted by atomic mass is 15.1. The molecule has 5 rings (SSSR count). The van der Waals surface area contributed by atoms with E-state index in [1.807, 2.05) is 0 Å². The zero-order valence-electron chi connectivity index (χ0n) is 15.9. The number of nitrogens with zero attached hydrogens (tertiary/aromatic N) is 1. The van der Waals surface area contributed by atoms with E-state index in [-0.39, 0.29) is 0 Å². The van der Waals surface area contributed by atoms with Crippen LogP contribution in [0.25, 0.3) is 11.1 Å². The van der Waals surface area contributed by atoms with E-state index in [9.17, 15) is 0 Å². The number of piperidine rings is 1. The van der Waals surface area contributed by atoms with Crippen molar-refractivity contribution >= 4 is 0 Å². The molecule has 3 aromatic carbocycles. The van der Waals surface area contributed by atoms with E-state index in [4.69, 9.17) is 0 Å². The van der Waals surface area contributed by atoms with Gasteiger partial charge in [0.1, 0.15) is 0 Å². The van der Waals surface area contributed by atoms with Gasteiger partial charge in [-0.05, 0) is 72.0 Å². The smallest absolute Gasteiger partial charge is 0.0233 e. The van der Waals surface area contributed by atoms with Crippen LogP contribution in [0.2, 0.25) is 0 Å². The molecule has 0 radical (unpaired) electrons. The van der Waals surface area contributed by atoms with Gasteiger partial charge in [-0.1, -0.05) is 78.9 Å². The molecule has 0 bridgehead atoms. The summed E-state index contributed by atoms with van der Waals surface area (Å²) in [5.41, 5.74) is 7.74. The van der Waals surface area contributed by atoms with Crippen molar-refractivity contribution in [2.24, 2.45) is 0 Å². The minimum Gasteiger partial charge on any atom is -0.299 e. The number of fused-ring (bicyclic) bond motifs is 2. The van der Waals surface area contributed by atoms with Crippen LogP contribution in [0.3, 0.4) is 0 Å². The number of aryl methyl sites for hydroxylation is 1. The van der Waals surface area contributed by atoms with Gasteiger partial charge in [0.2, 0.25) is 0 Å². The predicted molar refractivity (Wildman–Crippen MR) is 113 cm³/mol. The van der Waals surface area contributed by atoms with E-state index in [1.165, 1.54) is 55.5 Å². The molecule has 0 amide bonds. The van der Waals surface area contributed by atoms with Gasteiger partial charge >= 0.3 is 0 Å². The predicted octanol–water partition coefficient (Wildman–Crippen LogP) is 5.83. The Balaban J connectivity index is 1.24. The molecule has 1 nitrogen and oxygen atoms in total. The molecule has 0 saturated carbocycles. The highest BCUT2D eigenvalue weighted by molar-refractivity contribution is 5.63. The second kappa shape index (κ2) is 6.98. The second-order valence-corrected chi connectivity index (χ2v) is 8.28.